The molecule has 1 atom stereocenters. The summed E-state index contributed by atoms with van der Waals surface area (Å²) < 4.78 is 13.2. The minimum Gasteiger partial charge on any atom is -0.480 e. The van der Waals surface area contributed by atoms with E-state index in [4.69, 9.17) is 10.8 Å². The molecule has 0 saturated carbocycles. The van der Waals surface area contributed by atoms with Gasteiger partial charge in [-0.05, 0) is 0 Å². The highest BCUT2D eigenvalue weighted by Crippen LogP contribution is 1.97. The molecule has 0 aromatic carbocycles. The Hall–Kier alpha value is -1.50. The van der Waals surface area contributed by atoms with Crippen LogP contribution in [0.25, 0.3) is 0 Å². The molecule has 1 rings (SSSR count). The lowest BCUT2D eigenvalue weighted by Gasteiger charge is -2.01. The summed E-state index contributed by atoms with van der Waals surface area (Å²) in [4.78, 5) is 10.4. The van der Waals surface area contributed by atoms with Crippen LogP contribution in [0.15, 0.2) is 6.20 Å². The highest BCUT2D eigenvalue weighted by Gasteiger charge is 2.14. The number of hydrogen-bond donors (Lipinski definition) is 2. The van der Waals surface area contributed by atoms with E-state index < -0.39 is 18.7 Å². The third kappa shape index (κ3) is 2.77. The average Bonchev–Trinajstić information content (AvgIpc) is 2.53. The van der Waals surface area contributed by atoms with E-state index in [0.29, 0.717) is 5.69 Å². The van der Waals surface area contributed by atoms with Crippen molar-refractivity contribution >= 4 is 5.97 Å². The van der Waals surface area contributed by atoms with Crippen molar-refractivity contribution in [3.63, 3.8) is 0 Å². The third-order valence-corrected chi connectivity index (χ3v) is 1.65. The van der Waals surface area contributed by atoms with Crippen LogP contribution in [-0.2, 0) is 17.8 Å². The zero-order chi connectivity index (χ0) is 10.6. The number of aliphatic carboxylic acids is 1. The molecule has 1 unspecified atom stereocenters. The molecule has 6 nitrogen and oxygen atoms in total. The van der Waals surface area contributed by atoms with E-state index in [1.54, 1.807) is 0 Å². The molecular formula is C7H11FN4O2. The summed E-state index contributed by atoms with van der Waals surface area (Å²) in [7, 11) is 0. The number of carboxylic acids is 1. The van der Waals surface area contributed by atoms with Gasteiger partial charge in [0.25, 0.3) is 0 Å². The monoisotopic (exact) mass is 201 g/mol. The summed E-state index contributed by atoms with van der Waals surface area (Å²) in [6.07, 6.45) is 1.59. The first-order chi connectivity index (χ1) is 6.63. The van der Waals surface area contributed by atoms with Crippen LogP contribution in [0.1, 0.15) is 5.69 Å². The summed E-state index contributed by atoms with van der Waals surface area (Å²) in [6, 6.07) is -0.995. The van der Waals surface area contributed by atoms with Crippen molar-refractivity contribution in [2.24, 2.45) is 5.73 Å². The van der Waals surface area contributed by atoms with Gasteiger partial charge < -0.3 is 10.8 Å². The molecule has 1 aromatic rings. The average molecular weight is 201 g/mol. The molecule has 3 N–H and O–H groups in total. The Morgan fingerprint density at radius 1 is 1.79 bits per heavy atom. The maximum absolute atomic E-state index is 11.9. The smallest absolute Gasteiger partial charge is 0.320 e. The molecule has 1 heterocycles. The van der Waals surface area contributed by atoms with Crippen molar-refractivity contribution in [2.75, 3.05) is 6.67 Å². The second-order valence-electron chi connectivity index (χ2n) is 2.81. The fourth-order valence-corrected chi connectivity index (χ4v) is 0.941. The van der Waals surface area contributed by atoms with E-state index >= 15 is 0 Å². The van der Waals surface area contributed by atoms with Gasteiger partial charge in [0.1, 0.15) is 12.7 Å². The van der Waals surface area contributed by atoms with Crippen molar-refractivity contribution in [3.8, 4) is 0 Å². The molecule has 0 fully saturated rings. The Labute approximate surface area is 79.5 Å². The maximum atomic E-state index is 11.9. The Balaban J connectivity index is 2.55. The van der Waals surface area contributed by atoms with Crippen molar-refractivity contribution in [1.29, 1.82) is 0 Å². The van der Waals surface area contributed by atoms with Gasteiger partial charge in [0.05, 0.1) is 12.2 Å². The topological polar surface area (TPSA) is 94.0 Å². The Morgan fingerprint density at radius 2 is 2.50 bits per heavy atom. The van der Waals surface area contributed by atoms with Gasteiger partial charge in [0.2, 0.25) is 0 Å². The van der Waals surface area contributed by atoms with E-state index in [0.717, 1.165) is 0 Å². The summed E-state index contributed by atoms with van der Waals surface area (Å²) in [5.74, 6) is -1.09. The van der Waals surface area contributed by atoms with Crippen molar-refractivity contribution in [3.05, 3.63) is 11.9 Å². The SMILES string of the molecule is NC(Cc1cn(CC[18F])nn1)C(=O)O. The summed E-state index contributed by atoms with van der Waals surface area (Å²) in [6.45, 7) is -0.414. The molecule has 0 spiro atoms. The second kappa shape index (κ2) is 4.66. The number of nitrogens with two attached hydrogens (primary N) is 1. The molecule has 0 amide bonds. The Morgan fingerprint density at radius 3 is 3.07 bits per heavy atom. The third-order valence-electron chi connectivity index (χ3n) is 1.65. The fourth-order valence-electron chi connectivity index (χ4n) is 0.941. The van der Waals surface area contributed by atoms with Gasteiger partial charge in [-0.1, -0.05) is 5.21 Å². The minimum absolute atomic E-state index is 0.0988. The van der Waals surface area contributed by atoms with Crippen molar-refractivity contribution in [1.82, 2.24) is 15.0 Å². The van der Waals surface area contributed by atoms with E-state index in [2.05, 4.69) is 10.3 Å². The number of halogens is 1. The molecule has 0 saturated heterocycles. The molecular weight excluding hydrogens is 190 g/mol. The molecule has 0 aliphatic rings. The molecule has 0 aliphatic carbocycles. The highest BCUT2D eigenvalue weighted by molar-refractivity contribution is 5.73. The zero-order valence-electron chi connectivity index (χ0n) is 7.43. The second-order valence-corrected chi connectivity index (χ2v) is 2.81. The van der Waals surface area contributed by atoms with Crippen LogP contribution in [0.5, 0.6) is 0 Å². The number of nitrogens with zero attached hydrogens (tertiary/aromatic N) is 3. The Bertz CT molecular complexity index is 314. The molecule has 0 bridgehead atoms. The molecule has 14 heavy (non-hydrogen) atoms. The van der Waals surface area contributed by atoms with E-state index in [-0.39, 0.29) is 13.0 Å². The van der Waals surface area contributed by atoms with Crippen molar-refractivity contribution in [2.45, 2.75) is 19.0 Å². The molecule has 0 radical (unpaired) electrons. The summed E-state index contributed by atoms with van der Waals surface area (Å²) >= 11 is 0. The van der Waals surface area contributed by atoms with Crippen LogP contribution in [0, 0.1) is 0 Å². The predicted octanol–water partition coefficient (Wildman–Crippen LogP) is -0.798. The van der Waals surface area contributed by atoms with E-state index in [9.17, 15) is 9.18 Å². The quantitative estimate of drug-likeness (QED) is 0.650. The first kappa shape index (κ1) is 10.6. The lowest BCUT2D eigenvalue weighted by atomic mass is 10.2. The number of aromatic nitrogens is 3. The van der Waals surface area contributed by atoms with E-state index in [1.165, 1.54) is 10.9 Å². The van der Waals surface area contributed by atoms with Crippen LogP contribution in [0.2, 0.25) is 0 Å². The number of rotatable bonds is 5. The van der Waals surface area contributed by atoms with Crippen LogP contribution in [0.3, 0.4) is 0 Å². The number of carboxylic acid groups (broad SMARTS) is 1. The van der Waals surface area contributed by atoms with Crippen LogP contribution in [0.4, 0.5) is 4.39 Å². The summed E-state index contributed by atoms with van der Waals surface area (Å²) in [5, 5.41) is 15.8. The maximum Gasteiger partial charge on any atom is 0.320 e. The number of carbonyl (C=O) groups is 1. The van der Waals surface area contributed by atoms with Gasteiger partial charge in [-0.2, -0.15) is 0 Å². The first-order valence-corrected chi connectivity index (χ1v) is 4.07. The largest absolute Gasteiger partial charge is 0.480 e. The normalized spacial score (nSPS) is 12.7. The lowest BCUT2D eigenvalue weighted by Crippen LogP contribution is -2.32. The van der Waals surface area contributed by atoms with Crippen LogP contribution in [-0.4, -0.2) is 38.8 Å². The van der Waals surface area contributed by atoms with Gasteiger partial charge in [0.15, 0.2) is 0 Å². The van der Waals surface area contributed by atoms with Gasteiger partial charge in [-0.15, -0.1) is 5.10 Å². The standard InChI is InChI=1S/C7H11FN4O2/c8-1-2-12-4-5(10-11-12)3-6(9)7(13)14/h4,6H,1-3,9H2,(H,13,14)/i8-1. The molecule has 1 aromatic heterocycles. The zero-order valence-corrected chi connectivity index (χ0v) is 7.43. The number of aryl methyl sites for hydroxylation is 1. The van der Waals surface area contributed by atoms with E-state index in [1.807, 2.05) is 0 Å². The molecule has 7 heteroatoms. The van der Waals surface area contributed by atoms with Gasteiger partial charge in [0, 0.05) is 12.6 Å². The minimum atomic E-state index is -1.09. The highest BCUT2D eigenvalue weighted by atomic mass is 18.2. The summed E-state index contributed by atoms with van der Waals surface area (Å²) in [5.41, 5.74) is 5.73. The fraction of sp³-hybridized carbons (Fsp3) is 0.571. The number of hydrogen-bond acceptors (Lipinski definition) is 4. The first-order valence-electron chi connectivity index (χ1n) is 4.07. The van der Waals surface area contributed by atoms with Gasteiger partial charge >= 0.3 is 5.97 Å². The number of alkyl halides is 1. The van der Waals surface area contributed by atoms with Crippen molar-refractivity contribution < 1.29 is 14.3 Å². The van der Waals surface area contributed by atoms with Crippen LogP contribution < -0.4 is 5.73 Å². The van der Waals surface area contributed by atoms with Gasteiger partial charge in [-0.3, -0.25) is 4.79 Å². The predicted molar refractivity (Wildman–Crippen MR) is 45.3 cm³/mol. The van der Waals surface area contributed by atoms with Gasteiger partial charge in [-0.25, -0.2) is 9.07 Å². The van der Waals surface area contributed by atoms with Crippen LogP contribution >= 0.6 is 0 Å². The Kier molecular flexibility index (Phi) is 3.52. The lowest BCUT2D eigenvalue weighted by molar-refractivity contribution is -0.138. The molecule has 78 valence electrons. The molecule has 0 aliphatic heterocycles.